The van der Waals surface area contributed by atoms with Gasteiger partial charge in [-0.2, -0.15) is 26.3 Å². The lowest BCUT2D eigenvalue weighted by Gasteiger charge is -2.32. The summed E-state index contributed by atoms with van der Waals surface area (Å²) in [4.78, 5) is 2.59. The third kappa shape index (κ3) is 4.80. The molecule has 0 saturated heterocycles. The standard InChI is InChI=1S/C15H17F6N3/c1-8(13(2,3)4)12(23-24-22)9-5-10(14(16,17)18)7-11(6-9)15(19,20)21/h5-8,12H,1-4H3/t8?,12-/m1/s1. The highest BCUT2D eigenvalue weighted by Crippen LogP contribution is 2.42. The van der Waals surface area contributed by atoms with Gasteiger partial charge in [0.05, 0.1) is 17.2 Å². The molecule has 0 aliphatic rings. The summed E-state index contributed by atoms with van der Waals surface area (Å²) >= 11 is 0. The first-order valence-electron chi connectivity index (χ1n) is 7.01. The Morgan fingerprint density at radius 1 is 0.917 bits per heavy atom. The number of rotatable bonds is 3. The van der Waals surface area contributed by atoms with Crippen LogP contribution in [-0.4, -0.2) is 0 Å². The van der Waals surface area contributed by atoms with Gasteiger partial charge in [-0.05, 0) is 40.6 Å². The first-order chi connectivity index (χ1) is 10.7. The van der Waals surface area contributed by atoms with E-state index in [1.165, 1.54) is 0 Å². The first-order valence-corrected chi connectivity index (χ1v) is 7.01. The zero-order chi connectivity index (χ0) is 18.9. The van der Waals surface area contributed by atoms with E-state index in [1.54, 1.807) is 27.7 Å². The quantitative estimate of drug-likeness (QED) is 0.249. The average Bonchev–Trinajstić information content (AvgIpc) is 2.40. The molecule has 24 heavy (non-hydrogen) atoms. The molecule has 0 aliphatic carbocycles. The number of hydrogen-bond donors (Lipinski definition) is 0. The smallest absolute Gasteiger partial charge is 0.166 e. The lowest BCUT2D eigenvalue weighted by atomic mass is 9.75. The molecule has 0 heterocycles. The fourth-order valence-electron chi connectivity index (χ4n) is 2.13. The Labute approximate surface area is 135 Å². The molecular formula is C15H17F6N3. The fourth-order valence-corrected chi connectivity index (χ4v) is 2.13. The largest absolute Gasteiger partial charge is 0.416 e. The predicted molar refractivity (Wildman–Crippen MR) is 77.0 cm³/mol. The Hall–Kier alpha value is -1.89. The van der Waals surface area contributed by atoms with Gasteiger partial charge in [0.25, 0.3) is 0 Å². The molecule has 134 valence electrons. The molecule has 9 heteroatoms. The number of benzene rings is 1. The zero-order valence-electron chi connectivity index (χ0n) is 13.5. The molecule has 1 rings (SSSR count). The predicted octanol–water partition coefficient (Wildman–Crippen LogP) is 6.76. The van der Waals surface area contributed by atoms with E-state index < -0.39 is 40.9 Å². The van der Waals surface area contributed by atoms with E-state index in [0.29, 0.717) is 12.1 Å². The normalized spacial score (nSPS) is 15.6. The van der Waals surface area contributed by atoms with Crippen LogP contribution in [0.15, 0.2) is 23.3 Å². The Morgan fingerprint density at radius 2 is 1.33 bits per heavy atom. The van der Waals surface area contributed by atoms with Crippen molar-refractivity contribution in [1.82, 2.24) is 0 Å². The summed E-state index contributed by atoms with van der Waals surface area (Å²) in [6.45, 7) is 6.90. The fraction of sp³-hybridized carbons (Fsp3) is 0.600. The van der Waals surface area contributed by atoms with Gasteiger partial charge in [0, 0.05) is 4.91 Å². The van der Waals surface area contributed by atoms with Crippen LogP contribution in [0.2, 0.25) is 0 Å². The van der Waals surface area contributed by atoms with Crippen LogP contribution in [0.5, 0.6) is 0 Å². The van der Waals surface area contributed by atoms with Crippen LogP contribution in [0, 0.1) is 11.3 Å². The second kappa shape index (κ2) is 6.55. The van der Waals surface area contributed by atoms with E-state index in [1.807, 2.05) is 0 Å². The molecule has 0 amide bonds. The SMILES string of the molecule is CC([C@@H](N=[N+]=[N-])c1cc(C(F)(F)F)cc(C(F)(F)F)c1)C(C)(C)C. The molecule has 0 spiro atoms. The summed E-state index contributed by atoms with van der Waals surface area (Å²) in [5.41, 5.74) is 5.03. The number of halogens is 6. The van der Waals surface area contributed by atoms with Crippen molar-refractivity contribution in [2.75, 3.05) is 0 Å². The minimum atomic E-state index is -4.94. The maximum Gasteiger partial charge on any atom is 0.416 e. The molecule has 3 nitrogen and oxygen atoms in total. The van der Waals surface area contributed by atoms with Gasteiger partial charge in [0.1, 0.15) is 0 Å². The first kappa shape index (κ1) is 20.2. The third-order valence-corrected chi connectivity index (χ3v) is 3.97. The third-order valence-electron chi connectivity index (χ3n) is 3.97. The Bertz CT molecular complexity index is 604. The van der Waals surface area contributed by atoms with Gasteiger partial charge in [-0.15, -0.1) is 0 Å². The van der Waals surface area contributed by atoms with E-state index in [0.717, 1.165) is 0 Å². The molecular weight excluding hydrogens is 336 g/mol. The maximum atomic E-state index is 12.9. The summed E-state index contributed by atoms with van der Waals surface area (Å²) in [5, 5.41) is 3.45. The van der Waals surface area contributed by atoms with Gasteiger partial charge in [-0.1, -0.05) is 32.8 Å². The van der Waals surface area contributed by atoms with Crippen LogP contribution in [-0.2, 0) is 12.4 Å². The molecule has 0 radical (unpaired) electrons. The van der Waals surface area contributed by atoms with E-state index in [-0.39, 0.29) is 11.6 Å². The topological polar surface area (TPSA) is 48.8 Å². The zero-order valence-corrected chi connectivity index (χ0v) is 13.5. The van der Waals surface area contributed by atoms with Crippen molar-refractivity contribution in [3.8, 4) is 0 Å². The number of nitrogens with zero attached hydrogens (tertiary/aromatic N) is 3. The second-order valence-electron chi connectivity index (χ2n) is 6.64. The Morgan fingerprint density at radius 3 is 1.62 bits per heavy atom. The summed E-state index contributed by atoms with van der Waals surface area (Å²) < 4.78 is 77.7. The second-order valence-corrected chi connectivity index (χ2v) is 6.64. The van der Waals surface area contributed by atoms with E-state index in [2.05, 4.69) is 10.0 Å². The highest BCUT2D eigenvalue weighted by Gasteiger charge is 2.38. The summed E-state index contributed by atoms with van der Waals surface area (Å²) in [6, 6.07) is 0.116. The molecule has 1 aromatic rings. The monoisotopic (exact) mass is 353 g/mol. The maximum absolute atomic E-state index is 12.9. The van der Waals surface area contributed by atoms with Crippen molar-refractivity contribution in [3.63, 3.8) is 0 Å². The molecule has 0 N–H and O–H groups in total. The highest BCUT2D eigenvalue weighted by molar-refractivity contribution is 5.35. The van der Waals surface area contributed by atoms with Crippen LogP contribution in [0.3, 0.4) is 0 Å². The summed E-state index contributed by atoms with van der Waals surface area (Å²) in [5.74, 6) is -0.488. The van der Waals surface area contributed by atoms with Gasteiger partial charge < -0.3 is 0 Å². The minimum Gasteiger partial charge on any atom is -0.166 e. The molecule has 1 unspecified atom stereocenters. The van der Waals surface area contributed by atoms with Gasteiger partial charge in [0.15, 0.2) is 0 Å². The van der Waals surface area contributed by atoms with E-state index in [9.17, 15) is 26.3 Å². The highest BCUT2D eigenvalue weighted by atomic mass is 19.4. The van der Waals surface area contributed by atoms with Crippen molar-refractivity contribution in [2.24, 2.45) is 16.4 Å². The summed E-state index contributed by atoms with van der Waals surface area (Å²) in [6.07, 6.45) is -9.89. The molecule has 0 saturated carbocycles. The van der Waals surface area contributed by atoms with Crippen molar-refractivity contribution in [3.05, 3.63) is 45.3 Å². The molecule has 0 bridgehead atoms. The van der Waals surface area contributed by atoms with Crippen molar-refractivity contribution in [1.29, 1.82) is 0 Å². The minimum absolute atomic E-state index is 0.0540. The molecule has 0 fully saturated rings. The molecule has 2 atom stereocenters. The lowest BCUT2D eigenvalue weighted by Crippen LogP contribution is -2.24. The van der Waals surface area contributed by atoms with E-state index in [4.69, 9.17) is 5.53 Å². The van der Waals surface area contributed by atoms with Gasteiger partial charge in [-0.3, -0.25) is 0 Å². The van der Waals surface area contributed by atoms with Crippen molar-refractivity contribution >= 4 is 0 Å². The van der Waals surface area contributed by atoms with Crippen molar-refractivity contribution < 1.29 is 26.3 Å². The number of alkyl halides is 6. The van der Waals surface area contributed by atoms with Gasteiger partial charge in [0.2, 0.25) is 0 Å². The van der Waals surface area contributed by atoms with Gasteiger partial charge in [-0.25, -0.2) is 0 Å². The van der Waals surface area contributed by atoms with Crippen LogP contribution in [0.25, 0.3) is 10.4 Å². The average molecular weight is 353 g/mol. The van der Waals surface area contributed by atoms with Crippen LogP contribution >= 0.6 is 0 Å². The lowest BCUT2D eigenvalue weighted by molar-refractivity contribution is -0.143. The van der Waals surface area contributed by atoms with Crippen molar-refractivity contribution in [2.45, 2.75) is 46.1 Å². The Balaban J connectivity index is 3.62. The molecule has 0 aromatic heterocycles. The number of azide groups is 1. The van der Waals surface area contributed by atoms with Crippen LogP contribution in [0.4, 0.5) is 26.3 Å². The van der Waals surface area contributed by atoms with Crippen LogP contribution in [0.1, 0.15) is 50.4 Å². The molecule has 1 aromatic carbocycles. The Kier molecular flexibility index (Phi) is 5.50. The van der Waals surface area contributed by atoms with Gasteiger partial charge >= 0.3 is 12.4 Å². The summed E-state index contributed by atoms with van der Waals surface area (Å²) in [7, 11) is 0. The van der Waals surface area contributed by atoms with Crippen LogP contribution < -0.4 is 0 Å². The van der Waals surface area contributed by atoms with E-state index >= 15 is 0 Å². The molecule has 0 aliphatic heterocycles. The number of hydrogen-bond acceptors (Lipinski definition) is 1.